The molecule has 1 N–H and O–H groups in total. The molecule has 1 aromatic heterocycles. The quantitative estimate of drug-likeness (QED) is 0.836. The molecule has 0 aliphatic rings. The second-order valence-corrected chi connectivity index (χ2v) is 4.50. The van der Waals surface area contributed by atoms with E-state index in [0.29, 0.717) is 11.4 Å². The van der Waals surface area contributed by atoms with Crippen LogP contribution in [0.4, 0.5) is 14.6 Å². The number of aromatic nitrogens is 1. The van der Waals surface area contributed by atoms with Crippen LogP contribution in [0.1, 0.15) is 19.8 Å². The van der Waals surface area contributed by atoms with Gasteiger partial charge in [-0.15, -0.1) is 0 Å². The third-order valence-electron chi connectivity index (χ3n) is 2.00. The largest absolute Gasteiger partial charge is 0.368 e. The fourth-order valence-corrected chi connectivity index (χ4v) is 1.32. The van der Waals surface area contributed by atoms with E-state index in [1.807, 2.05) is 0 Å². The fraction of sp³-hybridized carbons (Fsp3) is 0.500. The zero-order chi connectivity index (χ0) is 11.3. The molecule has 1 unspecified atom stereocenters. The van der Waals surface area contributed by atoms with Gasteiger partial charge in [-0.1, -0.05) is 22.9 Å². The number of alkyl halides is 1. The van der Waals surface area contributed by atoms with Crippen LogP contribution in [0.3, 0.4) is 0 Å². The van der Waals surface area contributed by atoms with Gasteiger partial charge in [0.15, 0.2) is 11.6 Å². The van der Waals surface area contributed by atoms with Crippen LogP contribution in [0.2, 0.25) is 0 Å². The van der Waals surface area contributed by atoms with Gasteiger partial charge in [0.2, 0.25) is 0 Å². The van der Waals surface area contributed by atoms with Crippen molar-refractivity contribution in [1.29, 1.82) is 0 Å². The maximum Gasteiger partial charge on any atom is 0.168 e. The first kappa shape index (κ1) is 12.4. The van der Waals surface area contributed by atoms with Crippen molar-refractivity contribution in [2.75, 3.05) is 11.9 Å². The number of rotatable bonds is 5. The van der Waals surface area contributed by atoms with Crippen LogP contribution in [0, 0.1) is 11.6 Å². The van der Waals surface area contributed by atoms with Gasteiger partial charge < -0.3 is 5.32 Å². The van der Waals surface area contributed by atoms with Crippen LogP contribution in [0.5, 0.6) is 0 Å². The maximum absolute atomic E-state index is 13.1. The van der Waals surface area contributed by atoms with E-state index < -0.39 is 11.6 Å². The van der Waals surface area contributed by atoms with Crippen molar-refractivity contribution in [3.63, 3.8) is 0 Å². The number of nitrogens with one attached hydrogen (secondary N) is 1. The molecule has 0 saturated carbocycles. The smallest absolute Gasteiger partial charge is 0.168 e. The van der Waals surface area contributed by atoms with Gasteiger partial charge in [-0.25, -0.2) is 13.8 Å². The minimum absolute atomic E-state index is 0.104. The number of pyridine rings is 1. The number of anilines is 1. The van der Waals surface area contributed by atoms with E-state index in [9.17, 15) is 8.78 Å². The van der Waals surface area contributed by atoms with Gasteiger partial charge in [-0.05, 0) is 12.8 Å². The van der Waals surface area contributed by atoms with Crippen LogP contribution < -0.4 is 5.32 Å². The summed E-state index contributed by atoms with van der Waals surface area (Å²) < 4.78 is 25.6. The van der Waals surface area contributed by atoms with Gasteiger partial charge in [0, 0.05) is 17.4 Å². The van der Waals surface area contributed by atoms with E-state index in [1.54, 1.807) is 0 Å². The molecular formula is C10H13BrF2N2. The predicted octanol–water partition coefficient (Wildman–Crippen LogP) is 3.34. The van der Waals surface area contributed by atoms with Crippen LogP contribution in [-0.4, -0.2) is 16.4 Å². The summed E-state index contributed by atoms with van der Waals surface area (Å²) in [6.45, 7) is 2.68. The van der Waals surface area contributed by atoms with Crippen molar-refractivity contribution >= 4 is 21.7 Å². The third kappa shape index (κ3) is 4.11. The van der Waals surface area contributed by atoms with Crippen molar-refractivity contribution in [3.05, 3.63) is 23.9 Å². The molecule has 2 nitrogen and oxygen atoms in total. The van der Waals surface area contributed by atoms with E-state index in [-0.39, 0.29) is 5.82 Å². The molecule has 84 valence electrons. The lowest BCUT2D eigenvalue weighted by Gasteiger charge is -2.08. The summed E-state index contributed by atoms with van der Waals surface area (Å²) in [5.74, 6) is -1.21. The molecule has 0 radical (unpaired) electrons. The van der Waals surface area contributed by atoms with Crippen LogP contribution in [-0.2, 0) is 0 Å². The van der Waals surface area contributed by atoms with E-state index in [4.69, 9.17) is 0 Å². The Kier molecular flexibility index (Phi) is 4.94. The van der Waals surface area contributed by atoms with Crippen LogP contribution in [0.25, 0.3) is 0 Å². The molecule has 15 heavy (non-hydrogen) atoms. The predicted molar refractivity (Wildman–Crippen MR) is 60.3 cm³/mol. The summed E-state index contributed by atoms with van der Waals surface area (Å²) in [5.41, 5.74) is 0. The molecule has 5 heteroatoms. The molecule has 1 atom stereocenters. The van der Waals surface area contributed by atoms with Crippen molar-refractivity contribution in [3.8, 4) is 0 Å². The Hall–Kier alpha value is -0.710. The SMILES string of the molecule is CCC(Br)CCNc1ncc(F)cc1F. The zero-order valence-corrected chi connectivity index (χ0v) is 10.0. The van der Waals surface area contributed by atoms with Crippen molar-refractivity contribution < 1.29 is 8.78 Å². The molecule has 0 amide bonds. The van der Waals surface area contributed by atoms with E-state index in [1.165, 1.54) is 0 Å². The lowest BCUT2D eigenvalue weighted by Crippen LogP contribution is -2.10. The molecule has 0 aliphatic heterocycles. The Morgan fingerprint density at radius 1 is 1.53 bits per heavy atom. The highest BCUT2D eigenvalue weighted by Gasteiger charge is 2.05. The van der Waals surface area contributed by atoms with Gasteiger partial charge in [0.05, 0.1) is 6.20 Å². The summed E-state index contributed by atoms with van der Waals surface area (Å²) in [6.07, 6.45) is 2.88. The first-order valence-corrected chi connectivity index (χ1v) is 5.74. The summed E-state index contributed by atoms with van der Waals surface area (Å²) in [7, 11) is 0. The molecule has 0 fully saturated rings. The number of nitrogens with zero attached hydrogens (tertiary/aromatic N) is 1. The molecule has 0 aromatic carbocycles. The van der Waals surface area contributed by atoms with Gasteiger partial charge in [-0.3, -0.25) is 0 Å². The second-order valence-electron chi connectivity index (χ2n) is 3.20. The third-order valence-corrected chi connectivity index (χ3v) is 3.11. The van der Waals surface area contributed by atoms with Gasteiger partial charge in [0.25, 0.3) is 0 Å². The molecular weight excluding hydrogens is 266 g/mol. The standard InChI is InChI=1S/C10H13BrF2N2/c1-2-7(11)3-4-14-10-9(13)5-8(12)6-15-10/h5-7H,2-4H2,1H3,(H,14,15). The summed E-state index contributed by atoms with van der Waals surface area (Å²) in [5, 5.41) is 2.82. The number of hydrogen-bond acceptors (Lipinski definition) is 2. The average molecular weight is 279 g/mol. The minimum atomic E-state index is -0.662. The lowest BCUT2D eigenvalue weighted by atomic mass is 10.2. The van der Waals surface area contributed by atoms with E-state index in [0.717, 1.165) is 25.1 Å². The molecule has 0 bridgehead atoms. The monoisotopic (exact) mass is 278 g/mol. The fourth-order valence-electron chi connectivity index (χ4n) is 1.10. The number of hydrogen-bond donors (Lipinski definition) is 1. The lowest BCUT2D eigenvalue weighted by molar-refractivity contribution is 0.575. The van der Waals surface area contributed by atoms with Crippen LogP contribution in [0.15, 0.2) is 12.3 Å². The Morgan fingerprint density at radius 3 is 2.87 bits per heavy atom. The minimum Gasteiger partial charge on any atom is -0.368 e. The van der Waals surface area contributed by atoms with E-state index >= 15 is 0 Å². The molecule has 0 saturated heterocycles. The zero-order valence-electron chi connectivity index (χ0n) is 8.43. The van der Waals surface area contributed by atoms with Crippen molar-refractivity contribution in [2.24, 2.45) is 0 Å². The van der Waals surface area contributed by atoms with Crippen molar-refractivity contribution in [1.82, 2.24) is 4.98 Å². The molecule has 0 spiro atoms. The Labute approximate surface area is 96.2 Å². The maximum atomic E-state index is 13.1. The molecule has 0 aliphatic carbocycles. The average Bonchev–Trinajstić information content (AvgIpc) is 2.21. The summed E-state index contributed by atoms with van der Waals surface area (Å²) in [4.78, 5) is 4.03. The first-order valence-electron chi connectivity index (χ1n) is 4.82. The van der Waals surface area contributed by atoms with E-state index in [2.05, 4.69) is 33.2 Å². The molecule has 1 rings (SSSR count). The highest BCUT2D eigenvalue weighted by molar-refractivity contribution is 9.09. The second kappa shape index (κ2) is 6.00. The number of halogens is 3. The van der Waals surface area contributed by atoms with Crippen LogP contribution >= 0.6 is 15.9 Å². The first-order chi connectivity index (χ1) is 7.13. The Morgan fingerprint density at radius 2 is 2.27 bits per heavy atom. The van der Waals surface area contributed by atoms with Gasteiger partial charge in [0.1, 0.15) is 5.82 Å². The Balaban J connectivity index is 2.44. The molecule has 1 heterocycles. The van der Waals surface area contributed by atoms with Crippen molar-refractivity contribution in [2.45, 2.75) is 24.6 Å². The topological polar surface area (TPSA) is 24.9 Å². The summed E-state index contributed by atoms with van der Waals surface area (Å²) in [6, 6.07) is 0.820. The Bertz CT molecular complexity index is 320. The van der Waals surface area contributed by atoms with Gasteiger partial charge >= 0.3 is 0 Å². The highest BCUT2D eigenvalue weighted by atomic mass is 79.9. The molecule has 1 aromatic rings. The normalized spacial score (nSPS) is 12.5. The summed E-state index contributed by atoms with van der Waals surface area (Å²) >= 11 is 3.47. The van der Waals surface area contributed by atoms with Gasteiger partial charge in [-0.2, -0.15) is 0 Å². The highest BCUT2D eigenvalue weighted by Crippen LogP contribution is 2.13.